The third kappa shape index (κ3) is 3.88. The molecule has 33 heavy (non-hydrogen) atoms. The quantitative estimate of drug-likeness (QED) is 0.729. The van der Waals surface area contributed by atoms with Crippen molar-refractivity contribution in [2.24, 2.45) is 0 Å². The predicted octanol–water partition coefficient (Wildman–Crippen LogP) is 2.75. The van der Waals surface area contributed by atoms with Crippen LogP contribution in [-0.2, 0) is 14.3 Å². The SMILES string of the molecule is O=C1CO[C@H]2CCN(C(=O)N3CCC(c4cn(C5COC5)c5ccc(Cl)cc45)CC3)C[C@H]2N1. The lowest BCUT2D eigenvalue weighted by molar-refractivity contribution is -0.139. The molecule has 4 aliphatic heterocycles. The highest BCUT2D eigenvalue weighted by molar-refractivity contribution is 6.31. The second-order valence-electron chi connectivity index (χ2n) is 9.65. The van der Waals surface area contributed by atoms with Gasteiger partial charge in [-0.25, -0.2) is 4.79 Å². The molecular formula is C24H29ClN4O4. The van der Waals surface area contributed by atoms with Crippen molar-refractivity contribution in [1.82, 2.24) is 19.7 Å². The molecule has 0 unspecified atom stereocenters. The van der Waals surface area contributed by atoms with Crippen molar-refractivity contribution in [1.29, 1.82) is 0 Å². The molecular weight excluding hydrogens is 444 g/mol. The number of aromatic nitrogens is 1. The summed E-state index contributed by atoms with van der Waals surface area (Å²) in [5.41, 5.74) is 2.54. The van der Waals surface area contributed by atoms with E-state index in [4.69, 9.17) is 21.1 Å². The van der Waals surface area contributed by atoms with E-state index in [1.165, 1.54) is 16.5 Å². The van der Waals surface area contributed by atoms with Crippen LogP contribution < -0.4 is 5.32 Å². The summed E-state index contributed by atoms with van der Waals surface area (Å²) < 4.78 is 13.4. The lowest BCUT2D eigenvalue weighted by atomic mass is 9.89. The van der Waals surface area contributed by atoms with Crippen molar-refractivity contribution < 1.29 is 19.1 Å². The summed E-state index contributed by atoms with van der Waals surface area (Å²) in [7, 11) is 0. The van der Waals surface area contributed by atoms with Gasteiger partial charge in [-0.05, 0) is 48.9 Å². The third-order valence-corrected chi connectivity index (χ3v) is 7.88. The van der Waals surface area contributed by atoms with Gasteiger partial charge in [-0.15, -0.1) is 0 Å². The van der Waals surface area contributed by atoms with E-state index in [-0.39, 0.29) is 30.7 Å². The van der Waals surface area contributed by atoms with E-state index in [0.717, 1.165) is 50.6 Å². The van der Waals surface area contributed by atoms with Crippen molar-refractivity contribution in [3.8, 4) is 0 Å². The number of hydrogen-bond acceptors (Lipinski definition) is 4. The van der Waals surface area contributed by atoms with Gasteiger partial charge < -0.3 is 29.2 Å². The molecule has 0 saturated carbocycles. The number of benzene rings is 1. The first kappa shape index (κ1) is 21.3. The number of piperidine rings is 2. The van der Waals surface area contributed by atoms with E-state index in [9.17, 15) is 9.59 Å². The Morgan fingerprint density at radius 2 is 1.88 bits per heavy atom. The van der Waals surface area contributed by atoms with Crippen molar-refractivity contribution in [3.05, 3.63) is 35.0 Å². The van der Waals surface area contributed by atoms with Gasteiger partial charge in [0.05, 0.1) is 31.4 Å². The van der Waals surface area contributed by atoms with Crippen LogP contribution in [0.2, 0.25) is 5.02 Å². The van der Waals surface area contributed by atoms with Crippen molar-refractivity contribution in [2.75, 3.05) is 46.0 Å². The zero-order valence-electron chi connectivity index (χ0n) is 18.5. The first-order valence-corrected chi connectivity index (χ1v) is 12.3. The van der Waals surface area contributed by atoms with Crippen LogP contribution in [0.25, 0.3) is 10.9 Å². The highest BCUT2D eigenvalue weighted by Crippen LogP contribution is 2.38. The number of rotatable bonds is 2. The van der Waals surface area contributed by atoms with Gasteiger partial charge >= 0.3 is 6.03 Å². The van der Waals surface area contributed by atoms with Gasteiger partial charge in [0, 0.05) is 48.3 Å². The first-order chi connectivity index (χ1) is 16.1. The minimum Gasteiger partial charge on any atom is -0.377 e. The standard InChI is InChI=1S/C24H29ClN4O4/c25-16-1-2-21-18(9-16)19(10-29(21)17-12-32-13-17)15-3-6-27(7-4-15)24(31)28-8-5-22-20(11-28)26-23(30)14-33-22/h1-2,9-10,15,17,20,22H,3-8,11-14H2,(H,26,30)/t20-,22+/m1/s1. The summed E-state index contributed by atoms with van der Waals surface area (Å²) in [4.78, 5) is 28.7. The molecule has 2 aromatic rings. The number of urea groups is 1. The molecule has 0 radical (unpaired) electrons. The van der Waals surface area contributed by atoms with Crippen LogP contribution in [0.15, 0.2) is 24.4 Å². The summed E-state index contributed by atoms with van der Waals surface area (Å²) in [5.74, 6) is 0.299. The van der Waals surface area contributed by atoms with E-state index in [1.54, 1.807) is 0 Å². The van der Waals surface area contributed by atoms with E-state index in [2.05, 4.69) is 28.2 Å². The van der Waals surface area contributed by atoms with E-state index < -0.39 is 0 Å². The van der Waals surface area contributed by atoms with Crippen LogP contribution >= 0.6 is 11.6 Å². The number of nitrogens with one attached hydrogen (secondary N) is 1. The van der Waals surface area contributed by atoms with Crippen LogP contribution in [0.3, 0.4) is 0 Å². The fraction of sp³-hybridized carbons (Fsp3) is 0.583. The average Bonchev–Trinajstić information content (AvgIpc) is 3.15. The Balaban J connectivity index is 1.14. The molecule has 2 atom stereocenters. The Hall–Kier alpha value is -2.29. The lowest BCUT2D eigenvalue weighted by Crippen LogP contribution is -2.62. The maximum atomic E-state index is 13.2. The van der Waals surface area contributed by atoms with Crippen molar-refractivity contribution in [3.63, 3.8) is 0 Å². The van der Waals surface area contributed by atoms with Gasteiger partial charge in [0.15, 0.2) is 0 Å². The number of carbonyl (C=O) groups is 2. The fourth-order valence-corrected chi connectivity index (χ4v) is 5.89. The molecule has 0 bridgehead atoms. The number of nitrogens with zero attached hydrogens (tertiary/aromatic N) is 3. The first-order valence-electron chi connectivity index (χ1n) is 11.9. The molecule has 176 valence electrons. The summed E-state index contributed by atoms with van der Waals surface area (Å²) in [6, 6.07) is 6.49. The van der Waals surface area contributed by atoms with Crippen molar-refractivity contribution in [2.45, 2.75) is 43.4 Å². The molecule has 1 aromatic carbocycles. The molecule has 8 nitrogen and oxygen atoms in total. The van der Waals surface area contributed by atoms with E-state index in [1.807, 2.05) is 15.9 Å². The minimum absolute atomic E-state index is 0.0164. The van der Waals surface area contributed by atoms with E-state index >= 15 is 0 Å². The van der Waals surface area contributed by atoms with Crippen LogP contribution in [0.1, 0.15) is 36.8 Å². The Labute approximate surface area is 197 Å². The second kappa shape index (κ2) is 8.49. The number of carbonyl (C=O) groups excluding carboxylic acids is 2. The Morgan fingerprint density at radius 1 is 1.09 bits per heavy atom. The smallest absolute Gasteiger partial charge is 0.320 e. The Bertz CT molecular complexity index is 1080. The summed E-state index contributed by atoms with van der Waals surface area (Å²) in [6.45, 7) is 4.28. The predicted molar refractivity (Wildman–Crippen MR) is 124 cm³/mol. The van der Waals surface area contributed by atoms with Gasteiger partial charge in [-0.1, -0.05) is 11.6 Å². The molecule has 6 rings (SSSR count). The van der Waals surface area contributed by atoms with Gasteiger partial charge in [0.2, 0.25) is 5.91 Å². The van der Waals surface area contributed by atoms with Crippen LogP contribution in [0, 0.1) is 0 Å². The number of amides is 3. The number of hydrogen-bond donors (Lipinski definition) is 1. The molecule has 4 aliphatic rings. The van der Waals surface area contributed by atoms with E-state index in [0.29, 0.717) is 25.0 Å². The number of likely N-dealkylation sites (tertiary alicyclic amines) is 2. The number of fused-ring (bicyclic) bond motifs is 2. The molecule has 0 aliphatic carbocycles. The molecule has 1 aromatic heterocycles. The summed E-state index contributed by atoms with van der Waals surface area (Å²) >= 11 is 6.35. The topological polar surface area (TPSA) is 76.0 Å². The molecule has 3 amide bonds. The maximum absolute atomic E-state index is 13.2. The average molecular weight is 473 g/mol. The minimum atomic E-state index is -0.104. The summed E-state index contributed by atoms with van der Waals surface area (Å²) in [6.07, 6.45) is 4.92. The van der Waals surface area contributed by atoms with Gasteiger partial charge in [-0.3, -0.25) is 4.79 Å². The molecule has 9 heteroatoms. The van der Waals surface area contributed by atoms with Crippen LogP contribution in [0.4, 0.5) is 4.79 Å². The molecule has 4 saturated heterocycles. The zero-order chi connectivity index (χ0) is 22.5. The van der Waals surface area contributed by atoms with Crippen LogP contribution in [-0.4, -0.2) is 84.5 Å². The zero-order valence-corrected chi connectivity index (χ0v) is 19.3. The Kier molecular flexibility index (Phi) is 5.47. The second-order valence-corrected chi connectivity index (χ2v) is 10.1. The largest absolute Gasteiger partial charge is 0.377 e. The highest BCUT2D eigenvalue weighted by atomic mass is 35.5. The molecule has 5 heterocycles. The van der Waals surface area contributed by atoms with Gasteiger partial charge in [-0.2, -0.15) is 0 Å². The maximum Gasteiger partial charge on any atom is 0.320 e. The van der Waals surface area contributed by atoms with Gasteiger partial charge in [0.25, 0.3) is 0 Å². The van der Waals surface area contributed by atoms with Gasteiger partial charge in [0.1, 0.15) is 6.61 Å². The molecule has 1 N–H and O–H groups in total. The number of ether oxygens (including phenoxy) is 2. The number of morpholine rings is 1. The Morgan fingerprint density at radius 3 is 2.64 bits per heavy atom. The highest BCUT2D eigenvalue weighted by Gasteiger charge is 2.38. The normalized spacial score (nSPS) is 26.8. The molecule has 4 fully saturated rings. The monoisotopic (exact) mass is 472 g/mol. The fourth-order valence-electron chi connectivity index (χ4n) is 5.72. The van der Waals surface area contributed by atoms with Crippen LogP contribution in [0.5, 0.6) is 0 Å². The molecule has 0 spiro atoms. The summed E-state index contributed by atoms with van der Waals surface area (Å²) in [5, 5.41) is 4.95. The van der Waals surface area contributed by atoms with Crippen molar-refractivity contribution >= 4 is 34.4 Å². The third-order valence-electron chi connectivity index (χ3n) is 7.64. The lowest BCUT2D eigenvalue weighted by Gasteiger charge is -2.43. The number of halogens is 1.